The van der Waals surface area contributed by atoms with Gasteiger partial charge in [-0.05, 0) is 30.3 Å². The first-order valence-corrected chi connectivity index (χ1v) is 5.51. The molecule has 1 heterocycles. The Balaban J connectivity index is 2.49. The Morgan fingerprint density at radius 1 is 1.00 bits per heavy atom. The Labute approximate surface area is 102 Å². The predicted molar refractivity (Wildman–Crippen MR) is 70.6 cm³/mol. The van der Waals surface area contributed by atoms with Gasteiger partial charge >= 0.3 is 0 Å². The second-order valence-corrected chi connectivity index (χ2v) is 4.12. The Morgan fingerprint density at radius 2 is 1.72 bits per heavy atom. The van der Waals surface area contributed by atoms with E-state index in [2.05, 4.69) is 4.98 Å². The van der Waals surface area contributed by atoms with Crippen molar-refractivity contribution in [1.82, 2.24) is 4.98 Å². The van der Waals surface area contributed by atoms with E-state index in [1.807, 2.05) is 12.1 Å². The van der Waals surface area contributed by atoms with Crippen LogP contribution in [0.3, 0.4) is 0 Å². The molecule has 1 amide bonds. The third kappa shape index (κ3) is 1.47. The van der Waals surface area contributed by atoms with Gasteiger partial charge in [0.05, 0.1) is 0 Å². The molecule has 0 spiro atoms. The van der Waals surface area contributed by atoms with Gasteiger partial charge in [0.15, 0.2) is 5.43 Å². The number of hydrogen-bond acceptors (Lipinski definition) is 2. The van der Waals surface area contributed by atoms with Gasteiger partial charge in [-0.2, -0.15) is 0 Å². The number of hydrogen-bond donors (Lipinski definition) is 2. The van der Waals surface area contributed by atoms with E-state index in [1.54, 1.807) is 24.3 Å². The summed E-state index contributed by atoms with van der Waals surface area (Å²) >= 11 is 0. The first-order chi connectivity index (χ1) is 8.66. The van der Waals surface area contributed by atoms with E-state index in [0.717, 1.165) is 5.52 Å². The van der Waals surface area contributed by atoms with Crippen molar-refractivity contribution in [3.63, 3.8) is 0 Å². The van der Waals surface area contributed by atoms with Crippen LogP contribution in [-0.2, 0) is 0 Å². The molecular weight excluding hydrogens is 228 g/mol. The number of carbonyl (C=O) groups excluding carboxylic acids is 1. The Morgan fingerprint density at radius 3 is 2.50 bits per heavy atom. The number of aromatic nitrogens is 1. The van der Waals surface area contributed by atoms with Gasteiger partial charge in [0, 0.05) is 27.4 Å². The van der Waals surface area contributed by atoms with Gasteiger partial charge in [0.2, 0.25) is 5.91 Å². The summed E-state index contributed by atoms with van der Waals surface area (Å²) in [6, 6.07) is 12.1. The zero-order valence-corrected chi connectivity index (χ0v) is 9.44. The van der Waals surface area contributed by atoms with Crippen molar-refractivity contribution in [2.75, 3.05) is 0 Å². The number of fused-ring (bicyclic) bond motifs is 2. The standard InChI is InChI=1S/C14H10N2O2/c15-14(18)8-5-6-12-10(7-8)13(17)9-3-1-2-4-11(9)16-12/h1-7H,(H2,15,18)(H,16,17). The van der Waals surface area contributed by atoms with Crippen LogP contribution in [-0.4, -0.2) is 10.9 Å². The first-order valence-electron chi connectivity index (χ1n) is 5.51. The minimum absolute atomic E-state index is 0.0950. The molecule has 0 saturated carbocycles. The van der Waals surface area contributed by atoms with Crippen LogP contribution >= 0.6 is 0 Å². The molecule has 2 aromatic carbocycles. The molecule has 0 aliphatic heterocycles. The summed E-state index contributed by atoms with van der Waals surface area (Å²) in [5.41, 5.74) is 6.94. The van der Waals surface area contributed by atoms with Gasteiger partial charge in [-0.1, -0.05) is 12.1 Å². The number of primary amides is 1. The van der Waals surface area contributed by atoms with Gasteiger partial charge in [0.1, 0.15) is 0 Å². The monoisotopic (exact) mass is 238 g/mol. The van der Waals surface area contributed by atoms with E-state index in [9.17, 15) is 9.59 Å². The van der Waals surface area contributed by atoms with Crippen LogP contribution < -0.4 is 11.2 Å². The summed E-state index contributed by atoms with van der Waals surface area (Å²) in [6.45, 7) is 0. The smallest absolute Gasteiger partial charge is 0.248 e. The fourth-order valence-corrected chi connectivity index (χ4v) is 2.07. The maximum Gasteiger partial charge on any atom is 0.248 e. The van der Waals surface area contributed by atoms with Crippen LogP contribution in [0.4, 0.5) is 0 Å². The Hall–Kier alpha value is -2.62. The molecule has 0 fully saturated rings. The van der Waals surface area contributed by atoms with Gasteiger partial charge in [-0.15, -0.1) is 0 Å². The van der Waals surface area contributed by atoms with Crippen molar-refractivity contribution < 1.29 is 4.79 Å². The summed E-state index contributed by atoms with van der Waals surface area (Å²) < 4.78 is 0. The molecule has 0 radical (unpaired) electrons. The first kappa shape index (κ1) is 10.5. The minimum Gasteiger partial charge on any atom is -0.366 e. The molecule has 0 saturated heterocycles. The lowest BCUT2D eigenvalue weighted by Crippen LogP contribution is -2.12. The van der Waals surface area contributed by atoms with E-state index in [1.165, 1.54) is 6.07 Å². The van der Waals surface area contributed by atoms with Crippen LogP contribution in [0.25, 0.3) is 21.8 Å². The van der Waals surface area contributed by atoms with E-state index < -0.39 is 5.91 Å². The number of aromatic amines is 1. The Bertz CT molecular complexity index is 834. The molecule has 0 unspecified atom stereocenters. The predicted octanol–water partition coefficient (Wildman–Crippen LogP) is 1.78. The number of nitrogens with two attached hydrogens (primary N) is 1. The van der Waals surface area contributed by atoms with E-state index in [-0.39, 0.29) is 5.43 Å². The highest BCUT2D eigenvalue weighted by molar-refractivity contribution is 5.99. The van der Waals surface area contributed by atoms with Crippen molar-refractivity contribution in [2.45, 2.75) is 0 Å². The highest BCUT2D eigenvalue weighted by Crippen LogP contribution is 2.15. The summed E-state index contributed by atoms with van der Waals surface area (Å²) in [5.74, 6) is -0.538. The van der Waals surface area contributed by atoms with Crippen molar-refractivity contribution in [3.8, 4) is 0 Å². The molecule has 3 N–H and O–H groups in total. The Kier molecular flexibility index (Phi) is 2.16. The number of rotatable bonds is 1. The molecule has 18 heavy (non-hydrogen) atoms. The second kappa shape index (κ2) is 3.70. The molecule has 88 valence electrons. The van der Waals surface area contributed by atoms with Gasteiger partial charge in [-0.25, -0.2) is 0 Å². The molecule has 3 aromatic rings. The van der Waals surface area contributed by atoms with E-state index in [4.69, 9.17) is 5.73 Å². The highest BCUT2D eigenvalue weighted by atomic mass is 16.1. The van der Waals surface area contributed by atoms with Crippen LogP contribution in [0, 0.1) is 0 Å². The molecule has 0 bridgehead atoms. The molecule has 0 atom stereocenters. The quantitative estimate of drug-likeness (QED) is 0.634. The molecule has 0 aliphatic carbocycles. The zero-order chi connectivity index (χ0) is 12.7. The fraction of sp³-hybridized carbons (Fsp3) is 0. The summed E-state index contributed by atoms with van der Waals surface area (Å²) in [4.78, 5) is 26.6. The highest BCUT2D eigenvalue weighted by Gasteiger charge is 2.07. The summed E-state index contributed by atoms with van der Waals surface area (Å²) in [7, 11) is 0. The number of H-pyrrole nitrogens is 1. The van der Waals surface area contributed by atoms with Crippen molar-refractivity contribution in [2.24, 2.45) is 5.73 Å². The normalized spacial score (nSPS) is 10.9. The number of nitrogens with one attached hydrogen (secondary N) is 1. The van der Waals surface area contributed by atoms with Crippen molar-refractivity contribution in [3.05, 3.63) is 58.3 Å². The molecule has 0 aliphatic rings. The fourth-order valence-electron chi connectivity index (χ4n) is 2.07. The average Bonchev–Trinajstić information content (AvgIpc) is 2.38. The lowest BCUT2D eigenvalue weighted by molar-refractivity contribution is 0.100. The largest absolute Gasteiger partial charge is 0.366 e. The second-order valence-electron chi connectivity index (χ2n) is 4.12. The number of carbonyl (C=O) groups is 1. The third-order valence-electron chi connectivity index (χ3n) is 2.99. The van der Waals surface area contributed by atoms with Gasteiger partial charge in [-0.3, -0.25) is 9.59 Å². The number of para-hydroxylation sites is 1. The topological polar surface area (TPSA) is 76.0 Å². The van der Waals surface area contributed by atoms with Crippen LogP contribution in [0.15, 0.2) is 47.3 Å². The zero-order valence-electron chi connectivity index (χ0n) is 9.44. The van der Waals surface area contributed by atoms with Crippen LogP contribution in [0.1, 0.15) is 10.4 Å². The molecule has 3 rings (SSSR count). The molecule has 1 aromatic heterocycles. The molecular formula is C14H10N2O2. The van der Waals surface area contributed by atoms with Crippen LogP contribution in [0.2, 0.25) is 0 Å². The maximum absolute atomic E-state index is 12.3. The third-order valence-corrected chi connectivity index (χ3v) is 2.99. The lowest BCUT2D eigenvalue weighted by Gasteiger charge is -2.03. The average molecular weight is 238 g/mol. The number of benzene rings is 2. The number of pyridine rings is 1. The summed E-state index contributed by atoms with van der Waals surface area (Å²) in [5, 5.41) is 1.08. The maximum atomic E-state index is 12.3. The lowest BCUT2D eigenvalue weighted by atomic mass is 10.1. The number of amides is 1. The van der Waals surface area contributed by atoms with Crippen molar-refractivity contribution >= 4 is 27.7 Å². The molecule has 4 nitrogen and oxygen atoms in total. The minimum atomic E-state index is -0.538. The van der Waals surface area contributed by atoms with Crippen LogP contribution in [0.5, 0.6) is 0 Å². The van der Waals surface area contributed by atoms with Crippen molar-refractivity contribution in [1.29, 1.82) is 0 Å². The SMILES string of the molecule is NC(=O)c1ccc2[nH]c3ccccc3c(=O)c2c1. The van der Waals surface area contributed by atoms with E-state index >= 15 is 0 Å². The van der Waals surface area contributed by atoms with E-state index in [0.29, 0.717) is 21.9 Å². The molecule has 4 heteroatoms. The van der Waals surface area contributed by atoms with Gasteiger partial charge in [0.25, 0.3) is 0 Å². The summed E-state index contributed by atoms with van der Waals surface area (Å²) in [6.07, 6.45) is 0. The van der Waals surface area contributed by atoms with Gasteiger partial charge < -0.3 is 10.7 Å².